The Kier molecular flexibility index (Phi) is 8.03. The van der Waals surface area contributed by atoms with Crippen molar-refractivity contribution in [2.45, 2.75) is 36.0 Å². The summed E-state index contributed by atoms with van der Waals surface area (Å²) >= 11 is 7.77. The van der Waals surface area contributed by atoms with Gasteiger partial charge in [0, 0.05) is 9.93 Å². The molecule has 25 heavy (non-hydrogen) atoms. The zero-order chi connectivity index (χ0) is 18.1. The molecule has 3 nitrogen and oxygen atoms in total. The van der Waals surface area contributed by atoms with Gasteiger partial charge < -0.3 is 0 Å². The fourth-order valence-electron chi connectivity index (χ4n) is 2.03. The van der Waals surface area contributed by atoms with Crippen LogP contribution < -0.4 is 0 Å². The molecule has 0 N–H and O–H groups in total. The minimum absolute atomic E-state index is 0.159. The zero-order valence-corrected chi connectivity index (χ0v) is 16.4. The number of hydrogen-bond donors (Lipinski definition) is 0. The van der Waals surface area contributed by atoms with E-state index in [2.05, 4.69) is 0 Å². The molecule has 2 rings (SSSR count). The monoisotopic (exact) mass is 396 g/mol. The molecule has 0 heterocycles. The quantitative estimate of drug-likeness (QED) is 0.308. The molecule has 0 radical (unpaired) electrons. The summed E-state index contributed by atoms with van der Waals surface area (Å²) < 4.78 is 29.1. The zero-order valence-electron chi connectivity index (χ0n) is 14.0. The Labute approximate surface area is 159 Å². The van der Waals surface area contributed by atoms with Crippen molar-refractivity contribution in [2.75, 3.05) is 6.61 Å². The van der Waals surface area contributed by atoms with Crippen LogP contribution in [-0.2, 0) is 14.3 Å². The normalized spacial score (nSPS) is 12.3. The molecule has 0 unspecified atom stereocenters. The van der Waals surface area contributed by atoms with Gasteiger partial charge in [-0.3, -0.25) is 4.18 Å². The van der Waals surface area contributed by atoms with Gasteiger partial charge >= 0.3 is 0 Å². The Hall–Kier alpha value is -1.27. The van der Waals surface area contributed by atoms with E-state index in [1.54, 1.807) is 36.0 Å². The smallest absolute Gasteiger partial charge is 0.266 e. The minimum Gasteiger partial charge on any atom is -0.266 e. The largest absolute Gasteiger partial charge is 0.296 e. The van der Waals surface area contributed by atoms with Crippen LogP contribution in [0.5, 0.6) is 0 Å². The van der Waals surface area contributed by atoms with Crippen molar-refractivity contribution in [1.29, 1.82) is 0 Å². The van der Waals surface area contributed by atoms with E-state index in [-0.39, 0.29) is 11.5 Å². The van der Waals surface area contributed by atoms with Crippen molar-refractivity contribution in [3.8, 4) is 0 Å². The summed E-state index contributed by atoms with van der Waals surface area (Å²) in [6.45, 7) is 2.07. The van der Waals surface area contributed by atoms with Gasteiger partial charge in [0.2, 0.25) is 0 Å². The average molecular weight is 397 g/mol. The second kappa shape index (κ2) is 10.0. The first-order valence-electron chi connectivity index (χ1n) is 8.00. The maximum atomic E-state index is 12.0. The Morgan fingerprint density at radius 1 is 1.08 bits per heavy atom. The molecule has 0 saturated carbocycles. The predicted octanol–water partition coefficient (Wildman–Crippen LogP) is 5.74. The fraction of sp³-hybridized carbons (Fsp3) is 0.263. The minimum atomic E-state index is -3.68. The van der Waals surface area contributed by atoms with Gasteiger partial charge in [0.1, 0.15) is 0 Å². The van der Waals surface area contributed by atoms with Gasteiger partial charge in [-0.2, -0.15) is 8.42 Å². The molecule has 2 aromatic carbocycles. The lowest BCUT2D eigenvalue weighted by molar-refractivity contribution is 0.309. The number of aryl methyl sites for hydroxylation is 1. The molecular weight excluding hydrogens is 376 g/mol. The number of halogens is 1. The topological polar surface area (TPSA) is 43.4 Å². The van der Waals surface area contributed by atoms with Crippen LogP contribution in [0.4, 0.5) is 0 Å². The third-order valence-corrected chi connectivity index (χ3v) is 6.12. The molecule has 0 amide bonds. The summed E-state index contributed by atoms with van der Waals surface area (Å²) in [5.74, 6) is 0. The van der Waals surface area contributed by atoms with Gasteiger partial charge in [-0.25, -0.2) is 0 Å². The molecule has 0 aliphatic heterocycles. The van der Waals surface area contributed by atoms with Gasteiger partial charge in [-0.1, -0.05) is 59.3 Å². The number of unbranched alkanes of at least 4 members (excludes halogenated alkanes) is 1. The molecule has 0 fully saturated rings. The summed E-state index contributed by atoms with van der Waals surface area (Å²) in [5.41, 5.74) is 1.01. The first kappa shape index (κ1) is 20.0. The highest BCUT2D eigenvalue weighted by Crippen LogP contribution is 2.24. The standard InChI is InChI=1S/C19H21ClO3S2/c1-16-10-12-19(13-11-16)25(21,22)23-14-6-5-7-17(20)15-24-18-8-3-2-4-9-18/h2-4,8-13,15H,5-7,14H2,1H3/b17-15+. The van der Waals surface area contributed by atoms with Gasteiger partial charge in [-0.15, -0.1) is 0 Å². The van der Waals surface area contributed by atoms with E-state index < -0.39 is 10.1 Å². The molecule has 0 saturated heterocycles. The van der Waals surface area contributed by atoms with Crippen molar-refractivity contribution < 1.29 is 12.6 Å². The summed E-state index contributed by atoms with van der Waals surface area (Å²) in [6.07, 6.45) is 2.11. The lowest BCUT2D eigenvalue weighted by atomic mass is 10.2. The van der Waals surface area contributed by atoms with E-state index in [9.17, 15) is 8.42 Å². The van der Waals surface area contributed by atoms with Gasteiger partial charge in [0.15, 0.2) is 0 Å². The van der Waals surface area contributed by atoms with E-state index in [4.69, 9.17) is 15.8 Å². The SMILES string of the molecule is Cc1ccc(S(=O)(=O)OCCCC/C(Cl)=C\Sc2ccccc2)cc1. The number of allylic oxidation sites excluding steroid dienone is 1. The Morgan fingerprint density at radius 2 is 1.76 bits per heavy atom. The number of rotatable bonds is 9. The number of thioether (sulfide) groups is 1. The highest BCUT2D eigenvalue weighted by atomic mass is 35.5. The maximum Gasteiger partial charge on any atom is 0.296 e. The van der Waals surface area contributed by atoms with Crippen LogP contribution in [-0.4, -0.2) is 15.0 Å². The molecule has 0 aliphatic rings. The predicted molar refractivity (Wildman–Crippen MR) is 104 cm³/mol. The van der Waals surface area contributed by atoms with E-state index in [0.29, 0.717) is 12.8 Å². The molecule has 6 heteroatoms. The lowest BCUT2D eigenvalue weighted by Crippen LogP contribution is -2.07. The average Bonchev–Trinajstić information content (AvgIpc) is 2.61. The molecule has 0 bridgehead atoms. The van der Waals surface area contributed by atoms with Crippen molar-refractivity contribution >= 4 is 33.5 Å². The lowest BCUT2D eigenvalue weighted by Gasteiger charge is -2.06. The van der Waals surface area contributed by atoms with Crippen LogP contribution in [0.2, 0.25) is 0 Å². The summed E-state index contributed by atoms with van der Waals surface area (Å²) in [4.78, 5) is 1.32. The second-order valence-electron chi connectivity index (χ2n) is 5.54. The van der Waals surface area contributed by atoms with Crippen molar-refractivity contribution in [1.82, 2.24) is 0 Å². The summed E-state index contributed by atoms with van der Waals surface area (Å²) in [5, 5.41) is 2.68. The maximum absolute atomic E-state index is 12.0. The number of hydrogen-bond acceptors (Lipinski definition) is 4. The fourth-order valence-corrected chi connectivity index (χ4v) is 3.93. The number of benzene rings is 2. The second-order valence-corrected chi connectivity index (χ2v) is 8.59. The van der Waals surface area contributed by atoms with Crippen molar-refractivity contribution in [3.63, 3.8) is 0 Å². The van der Waals surface area contributed by atoms with Gasteiger partial charge in [0.05, 0.1) is 11.5 Å². The van der Waals surface area contributed by atoms with Crippen LogP contribution in [0.25, 0.3) is 0 Å². The van der Waals surface area contributed by atoms with E-state index >= 15 is 0 Å². The van der Waals surface area contributed by atoms with E-state index in [0.717, 1.165) is 21.9 Å². The Morgan fingerprint density at radius 3 is 2.44 bits per heavy atom. The van der Waals surface area contributed by atoms with Crippen LogP contribution in [0.3, 0.4) is 0 Å². The molecule has 0 atom stereocenters. The van der Waals surface area contributed by atoms with Gasteiger partial charge in [0.25, 0.3) is 10.1 Å². The Bertz CT molecular complexity index is 785. The van der Waals surface area contributed by atoms with E-state index in [1.165, 1.54) is 0 Å². The molecule has 0 aliphatic carbocycles. The van der Waals surface area contributed by atoms with Crippen LogP contribution >= 0.6 is 23.4 Å². The van der Waals surface area contributed by atoms with E-state index in [1.807, 2.05) is 42.7 Å². The third kappa shape index (κ3) is 7.24. The summed E-state index contributed by atoms with van der Waals surface area (Å²) in [6, 6.07) is 16.6. The molecule has 0 spiro atoms. The molecule has 0 aromatic heterocycles. The summed E-state index contributed by atoms with van der Waals surface area (Å²) in [7, 11) is -3.68. The van der Waals surface area contributed by atoms with Gasteiger partial charge in [-0.05, 0) is 55.9 Å². The Balaban J connectivity index is 1.69. The third-order valence-electron chi connectivity index (χ3n) is 3.42. The van der Waals surface area contributed by atoms with Crippen molar-refractivity contribution in [2.24, 2.45) is 0 Å². The first-order valence-corrected chi connectivity index (χ1v) is 10.7. The van der Waals surface area contributed by atoms with Crippen molar-refractivity contribution in [3.05, 3.63) is 70.6 Å². The first-order chi connectivity index (χ1) is 12.0. The van der Waals surface area contributed by atoms with Crippen LogP contribution in [0.15, 0.2) is 74.8 Å². The molecular formula is C19H21ClO3S2. The highest BCUT2D eigenvalue weighted by molar-refractivity contribution is 8.02. The molecule has 2 aromatic rings. The van der Waals surface area contributed by atoms with Crippen LogP contribution in [0, 0.1) is 6.92 Å². The molecule has 134 valence electrons. The highest BCUT2D eigenvalue weighted by Gasteiger charge is 2.14. The van der Waals surface area contributed by atoms with Crippen LogP contribution in [0.1, 0.15) is 24.8 Å².